The summed E-state index contributed by atoms with van der Waals surface area (Å²) in [6.45, 7) is 1.79. The van der Waals surface area contributed by atoms with Crippen LogP contribution in [0, 0.1) is 0 Å². The first-order valence-electron chi connectivity index (χ1n) is 10.7. The van der Waals surface area contributed by atoms with Gasteiger partial charge in [-0.2, -0.15) is 4.98 Å². The maximum Gasteiger partial charge on any atom is 0.227 e. The molecule has 0 aliphatic heterocycles. The molecule has 0 spiro atoms. The molecule has 31 heavy (non-hydrogen) atoms. The number of hydrogen-bond acceptors (Lipinski definition) is 7. The van der Waals surface area contributed by atoms with E-state index in [0.717, 1.165) is 44.2 Å². The second kappa shape index (κ2) is 9.23. The van der Waals surface area contributed by atoms with Crippen molar-refractivity contribution in [2.24, 2.45) is 0 Å². The predicted octanol–water partition coefficient (Wildman–Crippen LogP) is 2.05. The molecule has 164 valence electrons. The molecule has 0 saturated heterocycles. The highest BCUT2D eigenvalue weighted by molar-refractivity contribution is 5.76. The number of pyridine rings is 1. The second-order valence-electron chi connectivity index (χ2n) is 8.01. The third kappa shape index (κ3) is 4.89. The van der Waals surface area contributed by atoms with Gasteiger partial charge in [0.05, 0.1) is 6.54 Å². The molecule has 0 unspecified atom stereocenters. The molecule has 1 aliphatic rings. The summed E-state index contributed by atoms with van der Waals surface area (Å²) in [5.74, 6) is 1.32. The van der Waals surface area contributed by atoms with Crippen LogP contribution in [0.2, 0.25) is 0 Å². The SMILES string of the molecule is CC(=O)NC1(c2noc(CCC(=O)NCc3nnc4ccccn34)n2)CCCCCC1. The van der Waals surface area contributed by atoms with Crippen LogP contribution in [-0.2, 0) is 28.1 Å². The van der Waals surface area contributed by atoms with Crippen molar-refractivity contribution in [2.45, 2.75) is 70.4 Å². The summed E-state index contributed by atoms with van der Waals surface area (Å²) < 4.78 is 7.24. The highest BCUT2D eigenvalue weighted by Crippen LogP contribution is 2.34. The number of carbonyl (C=O) groups is 2. The van der Waals surface area contributed by atoms with Crippen LogP contribution in [0.1, 0.15) is 69.4 Å². The summed E-state index contributed by atoms with van der Waals surface area (Å²) in [7, 11) is 0. The van der Waals surface area contributed by atoms with Crippen molar-refractivity contribution in [3.8, 4) is 0 Å². The molecule has 2 amide bonds. The molecular formula is C21H27N7O3. The van der Waals surface area contributed by atoms with E-state index in [0.29, 0.717) is 24.0 Å². The van der Waals surface area contributed by atoms with E-state index >= 15 is 0 Å². The van der Waals surface area contributed by atoms with E-state index in [1.54, 1.807) is 0 Å². The van der Waals surface area contributed by atoms with E-state index in [9.17, 15) is 9.59 Å². The number of fused-ring (bicyclic) bond motifs is 1. The Morgan fingerprint density at radius 2 is 1.97 bits per heavy atom. The maximum absolute atomic E-state index is 12.3. The topological polar surface area (TPSA) is 127 Å². The van der Waals surface area contributed by atoms with Gasteiger partial charge in [-0.25, -0.2) is 0 Å². The molecule has 1 fully saturated rings. The molecule has 10 heteroatoms. The summed E-state index contributed by atoms with van der Waals surface area (Å²) in [6.07, 6.45) is 8.25. The van der Waals surface area contributed by atoms with Crippen LogP contribution in [0.3, 0.4) is 0 Å². The Kier molecular flexibility index (Phi) is 6.24. The lowest BCUT2D eigenvalue weighted by Gasteiger charge is -2.30. The van der Waals surface area contributed by atoms with E-state index in [2.05, 4.69) is 31.0 Å². The number of rotatable bonds is 7. The van der Waals surface area contributed by atoms with Crippen LogP contribution in [0.25, 0.3) is 5.65 Å². The van der Waals surface area contributed by atoms with Crippen molar-refractivity contribution in [3.63, 3.8) is 0 Å². The number of carbonyl (C=O) groups excluding carboxylic acids is 2. The molecule has 2 N–H and O–H groups in total. The number of nitrogens with zero attached hydrogens (tertiary/aromatic N) is 5. The van der Waals surface area contributed by atoms with Gasteiger partial charge in [-0.3, -0.25) is 14.0 Å². The van der Waals surface area contributed by atoms with E-state index in [4.69, 9.17) is 4.52 Å². The molecule has 1 aliphatic carbocycles. The minimum absolute atomic E-state index is 0.103. The third-order valence-corrected chi connectivity index (χ3v) is 5.66. The van der Waals surface area contributed by atoms with Gasteiger partial charge in [0.25, 0.3) is 0 Å². The summed E-state index contributed by atoms with van der Waals surface area (Å²) in [5.41, 5.74) is 0.151. The van der Waals surface area contributed by atoms with Gasteiger partial charge in [0.15, 0.2) is 17.3 Å². The summed E-state index contributed by atoms with van der Waals surface area (Å²) in [5, 5.41) is 18.2. The lowest BCUT2D eigenvalue weighted by Crippen LogP contribution is -2.45. The first-order chi connectivity index (χ1) is 15.1. The van der Waals surface area contributed by atoms with Crippen LogP contribution in [0.4, 0.5) is 0 Å². The molecule has 0 atom stereocenters. The fourth-order valence-corrected chi connectivity index (χ4v) is 4.12. The Morgan fingerprint density at radius 1 is 1.16 bits per heavy atom. The number of hydrogen-bond donors (Lipinski definition) is 2. The van der Waals surface area contributed by atoms with Gasteiger partial charge in [-0.1, -0.05) is 36.9 Å². The zero-order valence-electron chi connectivity index (χ0n) is 17.6. The number of aryl methyl sites for hydroxylation is 1. The molecule has 0 radical (unpaired) electrons. The molecule has 4 rings (SSSR count). The van der Waals surface area contributed by atoms with Gasteiger partial charge in [-0.05, 0) is 25.0 Å². The van der Waals surface area contributed by atoms with Gasteiger partial charge in [0.1, 0.15) is 5.54 Å². The predicted molar refractivity (Wildman–Crippen MR) is 111 cm³/mol. The minimum Gasteiger partial charge on any atom is -0.349 e. The fourth-order valence-electron chi connectivity index (χ4n) is 4.12. The van der Waals surface area contributed by atoms with E-state index in [-0.39, 0.29) is 24.8 Å². The monoisotopic (exact) mass is 425 g/mol. The largest absolute Gasteiger partial charge is 0.349 e. The zero-order valence-corrected chi connectivity index (χ0v) is 17.6. The molecule has 3 aromatic rings. The normalized spacial score (nSPS) is 16.0. The number of aromatic nitrogens is 5. The fraction of sp³-hybridized carbons (Fsp3) is 0.524. The average Bonchev–Trinajstić information content (AvgIpc) is 3.34. The van der Waals surface area contributed by atoms with Crippen molar-refractivity contribution in [1.29, 1.82) is 0 Å². The number of amides is 2. The first-order valence-corrected chi connectivity index (χ1v) is 10.7. The Balaban J connectivity index is 1.34. The standard InChI is InChI=1S/C21H27N7O3/c1-15(29)24-21(11-5-2-3-6-12-21)20-23-19(31-27-20)10-9-18(30)22-14-17-26-25-16-8-4-7-13-28(16)17/h4,7-8,13H,2-3,5-6,9-12,14H2,1H3,(H,22,30)(H,24,29). The smallest absolute Gasteiger partial charge is 0.227 e. The van der Waals surface area contributed by atoms with Crippen LogP contribution in [0.5, 0.6) is 0 Å². The first kappa shape index (κ1) is 21.0. The summed E-state index contributed by atoms with van der Waals surface area (Å²) in [6, 6.07) is 5.63. The molecule has 0 bridgehead atoms. The summed E-state index contributed by atoms with van der Waals surface area (Å²) in [4.78, 5) is 28.6. The van der Waals surface area contributed by atoms with E-state index in [1.807, 2.05) is 28.8 Å². The van der Waals surface area contributed by atoms with E-state index < -0.39 is 5.54 Å². The quantitative estimate of drug-likeness (QED) is 0.555. The Hall–Kier alpha value is -3.30. The summed E-state index contributed by atoms with van der Waals surface area (Å²) >= 11 is 0. The Bertz CT molecular complexity index is 1050. The molecule has 1 saturated carbocycles. The molecule has 3 heterocycles. The molecule has 0 aromatic carbocycles. The maximum atomic E-state index is 12.3. The average molecular weight is 425 g/mol. The highest BCUT2D eigenvalue weighted by Gasteiger charge is 2.38. The van der Waals surface area contributed by atoms with E-state index in [1.165, 1.54) is 6.92 Å². The van der Waals surface area contributed by atoms with Gasteiger partial charge in [0, 0.05) is 26.0 Å². The van der Waals surface area contributed by atoms with Crippen molar-refractivity contribution >= 4 is 17.5 Å². The zero-order chi connectivity index (χ0) is 21.7. The second-order valence-corrected chi connectivity index (χ2v) is 8.01. The van der Waals surface area contributed by atoms with Crippen LogP contribution < -0.4 is 10.6 Å². The third-order valence-electron chi connectivity index (χ3n) is 5.66. The van der Waals surface area contributed by atoms with Crippen LogP contribution in [-0.4, -0.2) is 36.6 Å². The van der Waals surface area contributed by atoms with Crippen molar-refractivity contribution in [3.05, 3.63) is 41.9 Å². The van der Waals surface area contributed by atoms with Crippen molar-refractivity contribution in [1.82, 2.24) is 35.4 Å². The Morgan fingerprint density at radius 3 is 2.74 bits per heavy atom. The van der Waals surface area contributed by atoms with Crippen molar-refractivity contribution < 1.29 is 14.1 Å². The highest BCUT2D eigenvalue weighted by atomic mass is 16.5. The molecule has 10 nitrogen and oxygen atoms in total. The van der Waals surface area contributed by atoms with Gasteiger partial charge >= 0.3 is 0 Å². The Labute approximate surface area is 179 Å². The van der Waals surface area contributed by atoms with Gasteiger partial charge in [0.2, 0.25) is 17.7 Å². The lowest BCUT2D eigenvalue weighted by atomic mass is 9.89. The van der Waals surface area contributed by atoms with Gasteiger partial charge in [-0.15, -0.1) is 10.2 Å². The minimum atomic E-state index is -0.582. The van der Waals surface area contributed by atoms with Crippen LogP contribution >= 0.6 is 0 Å². The number of nitrogens with one attached hydrogen (secondary N) is 2. The lowest BCUT2D eigenvalue weighted by molar-refractivity contribution is -0.122. The van der Waals surface area contributed by atoms with Crippen LogP contribution in [0.15, 0.2) is 28.9 Å². The molecule has 3 aromatic heterocycles. The van der Waals surface area contributed by atoms with Crippen molar-refractivity contribution in [2.75, 3.05) is 0 Å². The van der Waals surface area contributed by atoms with Gasteiger partial charge < -0.3 is 15.2 Å². The molecular weight excluding hydrogens is 398 g/mol.